The number of benzene rings is 1. The quantitative estimate of drug-likeness (QED) is 0.488. The van der Waals surface area contributed by atoms with E-state index in [1.54, 1.807) is 0 Å². The van der Waals surface area contributed by atoms with Crippen molar-refractivity contribution in [1.82, 2.24) is 10.1 Å². The van der Waals surface area contributed by atoms with Crippen molar-refractivity contribution in [3.8, 4) is 16.5 Å². The fraction of sp³-hybridized carbons (Fsp3) is 0.0769. The molecule has 0 saturated heterocycles. The number of halogens is 1. The fourth-order valence-corrected chi connectivity index (χ4v) is 3.00. The Labute approximate surface area is 136 Å². The van der Waals surface area contributed by atoms with Crippen LogP contribution in [-0.2, 0) is 6.61 Å². The summed E-state index contributed by atoms with van der Waals surface area (Å²) in [7, 11) is 0. The molecule has 0 aliphatic carbocycles. The Morgan fingerprint density at radius 2 is 2.14 bits per heavy atom. The van der Waals surface area contributed by atoms with E-state index in [2.05, 4.69) is 26.1 Å². The Bertz CT molecular complexity index is 800. The summed E-state index contributed by atoms with van der Waals surface area (Å²) in [5, 5.41) is 16.4. The summed E-state index contributed by atoms with van der Waals surface area (Å²) in [6.45, 7) is 0.0946. The molecule has 2 aromatic heterocycles. The molecule has 0 aliphatic heterocycles. The smallest absolute Gasteiger partial charge is 0.269 e. The number of nitrogens with zero attached hydrogens (tertiary/aromatic N) is 3. The number of aromatic nitrogens is 2. The van der Waals surface area contributed by atoms with Crippen LogP contribution in [0.3, 0.4) is 0 Å². The van der Waals surface area contributed by atoms with Gasteiger partial charge in [0, 0.05) is 22.0 Å². The summed E-state index contributed by atoms with van der Waals surface area (Å²) in [5.74, 6) is 1.32. The first-order valence-corrected chi connectivity index (χ1v) is 7.73. The van der Waals surface area contributed by atoms with E-state index in [0.717, 1.165) is 9.35 Å². The number of nitro benzene ring substituents is 1. The lowest BCUT2D eigenvalue weighted by molar-refractivity contribution is -0.384. The highest BCUT2D eigenvalue weighted by molar-refractivity contribution is 9.10. The van der Waals surface area contributed by atoms with Gasteiger partial charge in [0.15, 0.2) is 6.61 Å². The molecule has 7 nitrogen and oxygen atoms in total. The van der Waals surface area contributed by atoms with Gasteiger partial charge in [0.25, 0.3) is 11.6 Å². The van der Waals surface area contributed by atoms with E-state index in [0.29, 0.717) is 17.5 Å². The van der Waals surface area contributed by atoms with Crippen molar-refractivity contribution in [3.63, 3.8) is 0 Å². The van der Waals surface area contributed by atoms with Gasteiger partial charge in [-0.15, -0.1) is 11.3 Å². The van der Waals surface area contributed by atoms with E-state index < -0.39 is 4.92 Å². The zero-order valence-electron chi connectivity index (χ0n) is 10.9. The molecule has 0 bridgehead atoms. The van der Waals surface area contributed by atoms with Crippen molar-refractivity contribution in [2.45, 2.75) is 6.61 Å². The molecule has 0 atom stereocenters. The highest BCUT2D eigenvalue weighted by Gasteiger charge is 2.11. The van der Waals surface area contributed by atoms with E-state index >= 15 is 0 Å². The summed E-state index contributed by atoms with van der Waals surface area (Å²) in [6.07, 6.45) is 0. The van der Waals surface area contributed by atoms with Gasteiger partial charge in [-0.05, 0) is 34.1 Å². The van der Waals surface area contributed by atoms with E-state index in [9.17, 15) is 10.1 Å². The lowest BCUT2D eigenvalue weighted by Crippen LogP contribution is -1.96. The molecule has 0 saturated carbocycles. The lowest BCUT2D eigenvalue weighted by atomic mass is 10.3. The summed E-state index contributed by atoms with van der Waals surface area (Å²) < 4.78 is 11.5. The maximum atomic E-state index is 10.6. The first kappa shape index (κ1) is 14.7. The van der Waals surface area contributed by atoms with Crippen molar-refractivity contribution < 1.29 is 14.2 Å². The number of non-ortho nitro benzene ring substituents is 1. The largest absolute Gasteiger partial charge is 0.484 e. The topological polar surface area (TPSA) is 91.3 Å². The van der Waals surface area contributed by atoms with Crippen LogP contribution < -0.4 is 4.74 Å². The van der Waals surface area contributed by atoms with Gasteiger partial charge in [0.2, 0.25) is 5.82 Å². The number of thiophene rings is 1. The summed E-state index contributed by atoms with van der Waals surface area (Å²) in [5.41, 5.74) is 0.00991. The second-order valence-corrected chi connectivity index (χ2v) is 6.01. The van der Waals surface area contributed by atoms with Gasteiger partial charge >= 0.3 is 0 Å². The Kier molecular flexibility index (Phi) is 4.16. The number of ether oxygens (including phenoxy) is 1. The Hall–Kier alpha value is -2.26. The first-order valence-electron chi connectivity index (χ1n) is 6.06. The standard InChI is InChI=1S/C13H8BrN3O4S/c14-8-5-11(22-7-8)13-15-12(21-16-13)6-20-10-3-1-9(2-4-10)17(18)19/h1-5,7H,6H2. The molecule has 3 aromatic rings. The number of rotatable bonds is 5. The average molecular weight is 382 g/mol. The van der Waals surface area contributed by atoms with Crippen LogP contribution in [0, 0.1) is 10.1 Å². The van der Waals surface area contributed by atoms with Gasteiger partial charge in [-0.25, -0.2) is 0 Å². The number of nitro groups is 1. The van der Waals surface area contributed by atoms with Gasteiger partial charge in [-0.2, -0.15) is 4.98 Å². The molecule has 0 aliphatic rings. The minimum atomic E-state index is -0.465. The molecule has 2 heterocycles. The zero-order valence-corrected chi connectivity index (χ0v) is 13.3. The average Bonchev–Trinajstić information content (AvgIpc) is 3.14. The molecule has 1 aromatic carbocycles. The molecular formula is C13H8BrN3O4S. The van der Waals surface area contributed by atoms with Crippen LogP contribution in [0.15, 0.2) is 44.7 Å². The first-order chi connectivity index (χ1) is 10.6. The van der Waals surface area contributed by atoms with Gasteiger partial charge in [-0.3, -0.25) is 10.1 Å². The number of hydrogen-bond acceptors (Lipinski definition) is 7. The summed E-state index contributed by atoms with van der Waals surface area (Å²) in [4.78, 5) is 15.2. The van der Waals surface area contributed by atoms with Crippen LogP contribution in [0.25, 0.3) is 10.7 Å². The van der Waals surface area contributed by atoms with Crippen LogP contribution in [0.1, 0.15) is 5.89 Å². The lowest BCUT2D eigenvalue weighted by Gasteiger charge is -2.01. The van der Waals surface area contributed by atoms with Gasteiger partial charge in [0.05, 0.1) is 9.80 Å². The minimum Gasteiger partial charge on any atom is -0.484 e. The molecule has 3 rings (SSSR count). The van der Waals surface area contributed by atoms with Crippen LogP contribution in [0.5, 0.6) is 5.75 Å². The molecule has 9 heteroatoms. The minimum absolute atomic E-state index is 0.00991. The van der Waals surface area contributed by atoms with E-state index in [1.807, 2.05) is 11.4 Å². The van der Waals surface area contributed by atoms with Crippen molar-refractivity contribution in [3.05, 3.63) is 56.2 Å². The monoisotopic (exact) mass is 381 g/mol. The van der Waals surface area contributed by atoms with Crippen LogP contribution >= 0.6 is 27.3 Å². The molecular weight excluding hydrogens is 374 g/mol. The second-order valence-electron chi connectivity index (χ2n) is 4.18. The highest BCUT2D eigenvalue weighted by atomic mass is 79.9. The molecule has 0 fully saturated rings. The fourth-order valence-electron chi connectivity index (χ4n) is 1.65. The molecule has 0 unspecified atom stereocenters. The Balaban J connectivity index is 1.64. The number of hydrogen-bond donors (Lipinski definition) is 0. The molecule has 22 heavy (non-hydrogen) atoms. The van der Waals surface area contributed by atoms with Gasteiger partial charge in [0.1, 0.15) is 5.75 Å². The molecule has 112 valence electrons. The molecule has 0 radical (unpaired) electrons. The van der Waals surface area contributed by atoms with Crippen LogP contribution in [0.4, 0.5) is 5.69 Å². The predicted octanol–water partition coefficient (Wildman–Crippen LogP) is 4.05. The molecule has 0 amide bonds. The SMILES string of the molecule is O=[N+]([O-])c1ccc(OCc2nc(-c3cc(Br)cs3)no2)cc1. The third-order valence-electron chi connectivity index (χ3n) is 2.67. The van der Waals surface area contributed by atoms with Crippen molar-refractivity contribution >= 4 is 33.0 Å². The van der Waals surface area contributed by atoms with Gasteiger partial charge in [-0.1, -0.05) is 5.16 Å². The maximum Gasteiger partial charge on any atom is 0.269 e. The van der Waals surface area contributed by atoms with Crippen molar-refractivity contribution in [2.75, 3.05) is 0 Å². The zero-order chi connectivity index (χ0) is 15.5. The van der Waals surface area contributed by atoms with E-state index in [4.69, 9.17) is 9.26 Å². The van der Waals surface area contributed by atoms with E-state index in [-0.39, 0.29) is 12.3 Å². The van der Waals surface area contributed by atoms with Crippen molar-refractivity contribution in [2.24, 2.45) is 0 Å². The Morgan fingerprint density at radius 3 is 2.77 bits per heavy atom. The van der Waals surface area contributed by atoms with Crippen LogP contribution in [-0.4, -0.2) is 15.1 Å². The van der Waals surface area contributed by atoms with Crippen LogP contribution in [0.2, 0.25) is 0 Å². The predicted molar refractivity (Wildman–Crippen MR) is 82.7 cm³/mol. The van der Waals surface area contributed by atoms with E-state index in [1.165, 1.54) is 35.6 Å². The van der Waals surface area contributed by atoms with Gasteiger partial charge < -0.3 is 9.26 Å². The molecule has 0 spiro atoms. The Morgan fingerprint density at radius 1 is 1.36 bits per heavy atom. The third-order valence-corrected chi connectivity index (χ3v) is 4.35. The summed E-state index contributed by atoms with van der Waals surface area (Å²) >= 11 is 4.86. The third kappa shape index (κ3) is 3.31. The maximum absolute atomic E-state index is 10.6. The molecule has 0 N–H and O–H groups in total. The van der Waals surface area contributed by atoms with Crippen molar-refractivity contribution in [1.29, 1.82) is 0 Å². The normalized spacial score (nSPS) is 10.6. The highest BCUT2D eigenvalue weighted by Crippen LogP contribution is 2.27. The second kappa shape index (κ2) is 6.24. The summed E-state index contributed by atoms with van der Waals surface area (Å²) in [6, 6.07) is 7.68.